The smallest absolute Gasteiger partial charge is 0.129 e. The predicted octanol–water partition coefficient (Wildman–Crippen LogP) is 3.87. The summed E-state index contributed by atoms with van der Waals surface area (Å²) in [5.41, 5.74) is 0. The Hall–Kier alpha value is -0.800. The predicted molar refractivity (Wildman–Crippen MR) is 79.3 cm³/mol. The molecule has 3 rings (SSSR count). The second kappa shape index (κ2) is 6.31. The highest BCUT2D eigenvalue weighted by atomic mass is 16.5. The lowest BCUT2D eigenvalue weighted by Crippen LogP contribution is -2.26. The summed E-state index contributed by atoms with van der Waals surface area (Å²) < 4.78 is 11.8. The quantitative estimate of drug-likeness (QED) is 0.857. The minimum Gasteiger partial charge on any atom is -0.462 e. The Bertz CT molecular complexity index is 424. The first kappa shape index (κ1) is 14.2. The van der Waals surface area contributed by atoms with E-state index in [2.05, 4.69) is 31.3 Å². The van der Waals surface area contributed by atoms with Crippen LogP contribution < -0.4 is 5.32 Å². The van der Waals surface area contributed by atoms with E-state index < -0.39 is 0 Å². The summed E-state index contributed by atoms with van der Waals surface area (Å²) in [6.07, 6.45) is 6.73. The van der Waals surface area contributed by atoms with Crippen LogP contribution >= 0.6 is 0 Å². The van der Waals surface area contributed by atoms with Crippen LogP contribution in [0.1, 0.15) is 57.5 Å². The SMILES string of the molecule is CC1CCC(OCc2ccc(CNC3CC3)o2)CC1C. The molecule has 3 nitrogen and oxygen atoms in total. The van der Waals surface area contributed by atoms with E-state index in [0.717, 1.165) is 35.9 Å². The van der Waals surface area contributed by atoms with Crippen molar-refractivity contribution >= 4 is 0 Å². The van der Waals surface area contributed by atoms with Crippen LogP contribution in [0, 0.1) is 11.8 Å². The molecule has 1 aromatic heterocycles. The number of nitrogens with one attached hydrogen (secondary N) is 1. The van der Waals surface area contributed by atoms with E-state index in [0.29, 0.717) is 12.7 Å². The van der Waals surface area contributed by atoms with E-state index >= 15 is 0 Å². The van der Waals surface area contributed by atoms with Crippen molar-refractivity contribution in [3.05, 3.63) is 23.7 Å². The van der Waals surface area contributed by atoms with Crippen molar-refractivity contribution in [2.45, 2.75) is 71.2 Å². The Labute approximate surface area is 122 Å². The van der Waals surface area contributed by atoms with Crippen LogP contribution in [0.25, 0.3) is 0 Å². The summed E-state index contributed by atoms with van der Waals surface area (Å²) in [5.74, 6) is 3.62. The molecule has 3 atom stereocenters. The van der Waals surface area contributed by atoms with Gasteiger partial charge >= 0.3 is 0 Å². The number of hydrogen-bond acceptors (Lipinski definition) is 3. The molecule has 0 saturated heterocycles. The largest absolute Gasteiger partial charge is 0.462 e. The average Bonchev–Trinajstić information content (AvgIpc) is 3.16. The highest BCUT2D eigenvalue weighted by Gasteiger charge is 2.25. The van der Waals surface area contributed by atoms with Gasteiger partial charge in [0.15, 0.2) is 0 Å². The van der Waals surface area contributed by atoms with Crippen molar-refractivity contribution in [2.75, 3.05) is 0 Å². The zero-order valence-corrected chi connectivity index (χ0v) is 12.7. The second-order valence-electron chi connectivity index (χ2n) is 6.72. The fourth-order valence-electron chi connectivity index (χ4n) is 2.98. The first-order chi connectivity index (χ1) is 9.70. The summed E-state index contributed by atoms with van der Waals surface area (Å²) in [6, 6.07) is 4.85. The maximum absolute atomic E-state index is 6.02. The third-order valence-electron chi connectivity index (χ3n) is 4.87. The van der Waals surface area contributed by atoms with Gasteiger partial charge in [-0.2, -0.15) is 0 Å². The maximum atomic E-state index is 6.02. The highest BCUT2D eigenvalue weighted by molar-refractivity contribution is 5.06. The van der Waals surface area contributed by atoms with Crippen LogP contribution in [-0.2, 0) is 17.9 Å². The monoisotopic (exact) mass is 277 g/mol. The molecule has 20 heavy (non-hydrogen) atoms. The minimum atomic E-state index is 0.416. The van der Waals surface area contributed by atoms with Gasteiger partial charge in [0.25, 0.3) is 0 Å². The normalized spacial score (nSPS) is 30.6. The summed E-state index contributed by atoms with van der Waals surface area (Å²) in [6.45, 7) is 6.17. The van der Waals surface area contributed by atoms with Gasteiger partial charge in [-0.25, -0.2) is 0 Å². The second-order valence-corrected chi connectivity index (χ2v) is 6.72. The van der Waals surface area contributed by atoms with E-state index in [-0.39, 0.29) is 0 Å². The van der Waals surface area contributed by atoms with Crippen molar-refractivity contribution in [3.63, 3.8) is 0 Å². The zero-order valence-electron chi connectivity index (χ0n) is 12.7. The highest BCUT2D eigenvalue weighted by Crippen LogP contribution is 2.31. The summed E-state index contributed by atoms with van der Waals surface area (Å²) >= 11 is 0. The number of ether oxygens (including phenoxy) is 1. The molecule has 1 heterocycles. The van der Waals surface area contributed by atoms with E-state index in [9.17, 15) is 0 Å². The Kier molecular flexibility index (Phi) is 4.47. The lowest BCUT2D eigenvalue weighted by molar-refractivity contribution is -0.0142. The van der Waals surface area contributed by atoms with Crippen LogP contribution in [0.15, 0.2) is 16.5 Å². The van der Waals surface area contributed by atoms with Gasteiger partial charge in [0.1, 0.15) is 18.1 Å². The van der Waals surface area contributed by atoms with Crippen LogP contribution in [0.3, 0.4) is 0 Å². The fraction of sp³-hybridized carbons (Fsp3) is 0.765. The molecule has 0 aliphatic heterocycles. The summed E-state index contributed by atoms with van der Waals surface area (Å²) in [5, 5.41) is 3.47. The number of furan rings is 1. The standard InChI is InChI=1S/C17H27NO2/c1-12-3-6-15(9-13(12)2)19-11-17-8-7-16(20-17)10-18-14-4-5-14/h7-8,12-15,18H,3-6,9-11H2,1-2H3. The molecule has 0 bridgehead atoms. The lowest BCUT2D eigenvalue weighted by atomic mass is 9.80. The molecular formula is C17H27NO2. The molecule has 2 saturated carbocycles. The van der Waals surface area contributed by atoms with Gasteiger partial charge in [-0.15, -0.1) is 0 Å². The Morgan fingerprint density at radius 2 is 1.90 bits per heavy atom. The van der Waals surface area contributed by atoms with Crippen molar-refractivity contribution in [2.24, 2.45) is 11.8 Å². The molecule has 2 aliphatic carbocycles. The first-order valence-electron chi connectivity index (χ1n) is 8.13. The lowest BCUT2D eigenvalue weighted by Gasteiger charge is -2.31. The van der Waals surface area contributed by atoms with Crippen LogP contribution in [-0.4, -0.2) is 12.1 Å². The Balaban J connectivity index is 1.41. The molecule has 1 N–H and O–H groups in total. The topological polar surface area (TPSA) is 34.4 Å². The van der Waals surface area contributed by atoms with Gasteiger partial charge < -0.3 is 14.5 Å². The van der Waals surface area contributed by atoms with E-state index in [1.165, 1.54) is 32.1 Å². The molecule has 0 amide bonds. The van der Waals surface area contributed by atoms with E-state index in [4.69, 9.17) is 9.15 Å². The average molecular weight is 277 g/mol. The molecule has 2 fully saturated rings. The molecule has 0 spiro atoms. The third-order valence-corrected chi connectivity index (χ3v) is 4.87. The number of hydrogen-bond donors (Lipinski definition) is 1. The molecule has 112 valence electrons. The molecular weight excluding hydrogens is 250 g/mol. The van der Waals surface area contributed by atoms with Crippen molar-refractivity contribution < 1.29 is 9.15 Å². The maximum Gasteiger partial charge on any atom is 0.129 e. The third kappa shape index (κ3) is 3.86. The number of rotatable bonds is 6. The summed E-state index contributed by atoms with van der Waals surface area (Å²) in [7, 11) is 0. The molecule has 2 aliphatic rings. The molecule has 0 aromatic carbocycles. The van der Waals surface area contributed by atoms with Crippen molar-refractivity contribution in [3.8, 4) is 0 Å². The first-order valence-corrected chi connectivity index (χ1v) is 8.13. The van der Waals surface area contributed by atoms with Gasteiger partial charge in [0.2, 0.25) is 0 Å². The molecule has 3 unspecified atom stereocenters. The van der Waals surface area contributed by atoms with E-state index in [1.54, 1.807) is 0 Å². The van der Waals surface area contributed by atoms with E-state index in [1.807, 2.05) is 0 Å². The Morgan fingerprint density at radius 1 is 1.10 bits per heavy atom. The van der Waals surface area contributed by atoms with Gasteiger partial charge in [0, 0.05) is 6.04 Å². The van der Waals surface area contributed by atoms with Crippen LogP contribution in [0.5, 0.6) is 0 Å². The summed E-state index contributed by atoms with van der Waals surface area (Å²) in [4.78, 5) is 0. The van der Waals surface area contributed by atoms with Gasteiger partial charge in [-0.3, -0.25) is 0 Å². The zero-order chi connectivity index (χ0) is 13.9. The molecule has 0 radical (unpaired) electrons. The van der Waals surface area contributed by atoms with Gasteiger partial charge in [0.05, 0.1) is 12.6 Å². The van der Waals surface area contributed by atoms with Crippen molar-refractivity contribution in [1.82, 2.24) is 5.32 Å². The fourth-order valence-corrected chi connectivity index (χ4v) is 2.98. The molecule has 1 aromatic rings. The van der Waals surface area contributed by atoms with Gasteiger partial charge in [-0.05, 0) is 56.1 Å². The van der Waals surface area contributed by atoms with Gasteiger partial charge in [-0.1, -0.05) is 13.8 Å². The van der Waals surface area contributed by atoms with Crippen LogP contribution in [0.4, 0.5) is 0 Å². The van der Waals surface area contributed by atoms with Crippen LogP contribution in [0.2, 0.25) is 0 Å². The minimum absolute atomic E-state index is 0.416. The molecule has 3 heteroatoms. The Morgan fingerprint density at radius 3 is 2.65 bits per heavy atom. The van der Waals surface area contributed by atoms with Crippen molar-refractivity contribution in [1.29, 1.82) is 0 Å².